The first-order valence-corrected chi connectivity index (χ1v) is 15.2. The minimum absolute atomic E-state index is 0.123. The Balaban J connectivity index is 1.27. The maximum atomic E-state index is 11.7. The van der Waals surface area contributed by atoms with E-state index in [-0.39, 0.29) is 18.3 Å². The summed E-state index contributed by atoms with van der Waals surface area (Å²) >= 11 is 6.78. The number of carbonyl (C=O) groups excluding carboxylic acids is 1. The van der Waals surface area contributed by atoms with Crippen LogP contribution in [-0.2, 0) is 29.1 Å². The lowest BCUT2D eigenvalue weighted by Gasteiger charge is -2.29. The molecule has 0 amide bonds. The van der Waals surface area contributed by atoms with Crippen molar-refractivity contribution >= 4 is 17.6 Å². The lowest BCUT2D eigenvalue weighted by molar-refractivity contribution is -0.142. The van der Waals surface area contributed by atoms with Gasteiger partial charge in [-0.3, -0.25) is 9.69 Å². The number of carbonyl (C=O) groups is 1. The zero-order chi connectivity index (χ0) is 29.6. The predicted molar refractivity (Wildman–Crippen MR) is 166 cm³/mol. The zero-order valence-corrected chi connectivity index (χ0v) is 25.6. The van der Waals surface area contributed by atoms with Crippen molar-refractivity contribution < 1.29 is 24.1 Å². The van der Waals surface area contributed by atoms with Crippen LogP contribution in [-0.4, -0.2) is 67.3 Å². The number of halogens is 1. The first kappa shape index (κ1) is 30.2. The van der Waals surface area contributed by atoms with Gasteiger partial charge in [0.25, 0.3) is 0 Å². The molecule has 5 rings (SSSR count). The van der Waals surface area contributed by atoms with E-state index in [1.807, 2.05) is 11.0 Å². The lowest BCUT2D eigenvalue weighted by Crippen LogP contribution is -2.35. The SMILES string of the molecule is COC(=O)CN1CCc2c(Cl)c(OCc3cccc(-c4cccc(OCCCN5CCCC5)c4C)c3C)cc(O)c2C1. The van der Waals surface area contributed by atoms with Crippen LogP contribution in [0.25, 0.3) is 11.1 Å². The van der Waals surface area contributed by atoms with Gasteiger partial charge in [-0.05, 0) is 92.1 Å². The molecule has 2 aliphatic heterocycles. The maximum Gasteiger partial charge on any atom is 0.319 e. The van der Waals surface area contributed by atoms with Crippen molar-refractivity contribution in [2.75, 3.05) is 46.4 Å². The summed E-state index contributed by atoms with van der Waals surface area (Å²) in [7, 11) is 1.38. The van der Waals surface area contributed by atoms with Gasteiger partial charge in [-0.1, -0.05) is 41.9 Å². The number of ether oxygens (including phenoxy) is 3. The van der Waals surface area contributed by atoms with E-state index in [4.69, 9.17) is 25.8 Å². The topological polar surface area (TPSA) is 71.5 Å². The summed E-state index contributed by atoms with van der Waals surface area (Å²) in [4.78, 5) is 16.2. The predicted octanol–water partition coefficient (Wildman–Crippen LogP) is 6.30. The highest BCUT2D eigenvalue weighted by molar-refractivity contribution is 6.33. The molecule has 0 bridgehead atoms. The van der Waals surface area contributed by atoms with Crippen LogP contribution in [0.4, 0.5) is 0 Å². The molecule has 2 heterocycles. The van der Waals surface area contributed by atoms with E-state index in [1.165, 1.54) is 33.0 Å². The Morgan fingerprint density at radius 2 is 1.67 bits per heavy atom. The molecule has 3 aromatic rings. The van der Waals surface area contributed by atoms with Crippen LogP contribution in [0.2, 0.25) is 5.02 Å². The third kappa shape index (κ3) is 6.86. The molecular formula is C34H41ClN2O5. The maximum absolute atomic E-state index is 11.7. The average Bonchev–Trinajstić information content (AvgIpc) is 3.51. The van der Waals surface area contributed by atoms with Crippen molar-refractivity contribution in [2.24, 2.45) is 0 Å². The minimum Gasteiger partial charge on any atom is -0.507 e. The van der Waals surface area contributed by atoms with Gasteiger partial charge in [-0.25, -0.2) is 0 Å². The summed E-state index contributed by atoms with van der Waals surface area (Å²) in [6, 6.07) is 14.1. The van der Waals surface area contributed by atoms with Crippen molar-refractivity contribution in [3.8, 4) is 28.4 Å². The standard InChI is InChI=1S/C34H41ClN2O5/c1-23-25(22-42-32-19-30(38)29-20-37(21-33(39)40-3)17-13-28(29)34(32)35)9-6-10-26(23)27-11-7-12-31(24(27)2)41-18-8-16-36-14-4-5-15-36/h6-7,9-12,19,38H,4-5,8,13-18,20-22H2,1-3H3. The second-order valence-corrected chi connectivity index (χ2v) is 11.6. The molecule has 0 unspecified atom stereocenters. The summed E-state index contributed by atoms with van der Waals surface area (Å²) in [6.07, 6.45) is 4.27. The van der Waals surface area contributed by atoms with Gasteiger partial charge in [0.15, 0.2) is 0 Å². The first-order chi connectivity index (χ1) is 20.4. The Morgan fingerprint density at radius 1 is 0.929 bits per heavy atom. The number of benzene rings is 3. The molecule has 0 radical (unpaired) electrons. The van der Waals surface area contributed by atoms with Crippen molar-refractivity contribution in [3.63, 3.8) is 0 Å². The van der Waals surface area contributed by atoms with E-state index in [0.717, 1.165) is 57.7 Å². The number of phenolic OH excluding ortho intramolecular Hbond substituents is 1. The molecular weight excluding hydrogens is 552 g/mol. The normalized spacial score (nSPS) is 15.4. The number of hydrogen-bond donors (Lipinski definition) is 1. The number of fused-ring (bicyclic) bond motifs is 1. The largest absolute Gasteiger partial charge is 0.507 e. The second-order valence-electron chi connectivity index (χ2n) is 11.3. The molecule has 1 N–H and O–H groups in total. The Morgan fingerprint density at radius 3 is 2.43 bits per heavy atom. The van der Waals surface area contributed by atoms with Crippen molar-refractivity contribution in [2.45, 2.75) is 52.7 Å². The summed E-state index contributed by atoms with van der Waals surface area (Å²) in [5.74, 6) is 1.21. The van der Waals surface area contributed by atoms with Crippen LogP contribution >= 0.6 is 11.6 Å². The molecule has 224 valence electrons. The number of methoxy groups -OCH3 is 1. The van der Waals surface area contributed by atoms with Gasteiger partial charge in [-0.2, -0.15) is 0 Å². The third-order valence-electron chi connectivity index (χ3n) is 8.54. The van der Waals surface area contributed by atoms with E-state index in [1.54, 1.807) is 6.07 Å². The monoisotopic (exact) mass is 592 g/mol. The first-order valence-electron chi connectivity index (χ1n) is 14.8. The molecule has 0 aliphatic carbocycles. The quantitative estimate of drug-likeness (QED) is 0.207. The summed E-state index contributed by atoms with van der Waals surface area (Å²) in [5.41, 5.74) is 7.18. The molecule has 7 nitrogen and oxygen atoms in total. The Labute approximate surface area is 253 Å². The molecule has 0 saturated carbocycles. The van der Waals surface area contributed by atoms with Crippen LogP contribution in [0, 0.1) is 13.8 Å². The third-order valence-corrected chi connectivity index (χ3v) is 8.96. The lowest BCUT2D eigenvalue weighted by atomic mass is 9.93. The highest BCUT2D eigenvalue weighted by Crippen LogP contribution is 2.40. The number of rotatable bonds is 11. The molecule has 2 aliphatic rings. The van der Waals surface area contributed by atoms with E-state index in [0.29, 0.717) is 43.5 Å². The van der Waals surface area contributed by atoms with Crippen molar-refractivity contribution in [3.05, 3.63) is 75.3 Å². The highest BCUT2D eigenvalue weighted by Gasteiger charge is 2.26. The smallest absolute Gasteiger partial charge is 0.319 e. The second kappa shape index (κ2) is 13.8. The fourth-order valence-electron chi connectivity index (χ4n) is 6.03. The van der Waals surface area contributed by atoms with Gasteiger partial charge in [0, 0.05) is 31.3 Å². The zero-order valence-electron chi connectivity index (χ0n) is 24.9. The fraction of sp³-hybridized carbons (Fsp3) is 0.441. The van der Waals surface area contributed by atoms with Gasteiger partial charge in [0.05, 0.1) is 25.3 Å². The number of likely N-dealkylation sites (tertiary alicyclic amines) is 1. The van der Waals surface area contributed by atoms with Crippen LogP contribution in [0.3, 0.4) is 0 Å². The number of hydrogen-bond acceptors (Lipinski definition) is 7. The number of esters is 1. The molecule has 8 heteroatoms. The van der Waals surface area contributed by atoms with Crippen LogP contribution in [0.5, 0.6) is 17.2 Å². The molecule has 1 fully saturated rings. The van der Waals surface area contributed by atoms with E-state index >= 15 is 0 Å². The average molecular weight is 593 g/mol. The summed E-state index contributed by atoms with van der Waals surface area (Å²) in [5, 5.41) is 11.3. The van der Waals surface area contributed by atoms with Gasteiger partial charge < -0.3 is 24.2 Å². The summed E-state index contributed by atoms with van der Waals surface area (Å²) < 4.78 is 17.2. The Kier molecular flexibility index (Phi) is 9.93. The molecule has 42 heavy (non-hydrogen) atoms. The number of phenols is 1. The number of aromatic hydroxyl groups is 1. The molecule has 3 aromatic carbocycles. The fourth-order valence-corrected chi connectivity index (χ4v) is 6.35. The number of nitrogens with zero attached hydrogens (tertiary/aromatic N) is 2. The van der Waals surface area contributed by atoms with E-state index in [9.17, 15) is 9.90 Å². The molecule has 0 atom stereocenters. The van der Waals surface area contributed by atoms with Crippen LogP contribution in [0.15, 0.2) is 42.5 Å². The molecule has 1 saturated heterocycles. The van der Waals surface area contributed by atoms with Gasteiger partial charge in [0.2, 0.25) is 0 Å². The van der Waals surface area contributed by atoms with Crippen LogP contribution < -0.4 is 9.47 Å². The molecule has 0 aromatic heterocycles. The van der Waals surface area contributed by atoms with Crippen molar-refractivity contribution in [1.82, 2.24) is 9.80 Å². The molecule has 0 spiro atoms. The van der Waals surface area contributed by atoms with Crippen LogP contribution in [0.1, 0.15) is 47.1 Å². The highest BCUT2D eigenvalue weighted by atomic mass is 35.5. The minimum atomic E-state index is -0.302. The van der Waals surface area contributed by atoms with Gasteiger partial charge in [0.1, 0.15) is 23.9 Å². The van der Waals surface area contributed by atoms with Gasteiger partial charge >= 0.3 is 5.97 Å². The van der Waals surface area contributed by atoms with Gasteiger partial charge in [-0.15, -0.1) is 0 Å². The van der Waals surface area contributed by atoms with Crippen molar-refractivity contribution in [1.29, 1.82) is 0 Å². The van der Waals surface area contributed by atoms with E-state index in [2.05, 4.69) is 49.1 Å². The van der Waals surface area contributed by atoms with E-state index < -0.39 is 0 Å². The Hall–Kier alpha value is -3.26. The Bertz CT molecular complexity index is 1420. The summed E-state index contributed by atoms with van der Waals surface area (Å²) in [6.45, 7) is 10.0.